The maximum Gasteiger partial charge on any atom is 0.335 e. The summed E-state index contributed by atoms with van der Waals surface area (Å²) in [6.45, 7) is 2.50. The monoisotopic (exact) mass is 568 g/mol. The molecule has 40 heavy (non-hydrogen) atoms. The molecule has 0 amide bonds. The fourth-order valence-corrected chi connectivity index (χ4v) is 4.05. The molecule has 0 bridgehead atoms. The Morgan fingerprint density at radius 2 is 0.775 bits per heavy atom. The molecule has 1 aromatic carbocycles. The summed E-state index contributed by atoms with van der Waals surface area (Å²) in [5.41, 5.74) is 0.167. The second kappa shape index (κ2) is 27.6. The van der Waals surface area contributed by atoms with Crippen LogP contribution in [0.3, 0.4) is 0 Å². The van der Waals surface area contributed by atoms with E-state index in [4.69, 9.17) is 20.4 Å². The maximum absolute atomic E-state index is 10.3. The molecule has 0 saturated carbocycles. The fourth-order valence-electron chi connectivity index (χ4n) is 4.05. The second-order valence-electron chi connectivity index (χ2n) is 9.88. The van der Waals surface area contributed by atoms with Crippen LogP contribution < -0.4 is 11.5 Å². The average Bonchev–Trinajstić information content (AvgIpc) is 2.97. The number of carbonyl (C=O) groups is 4. The first-order chi connectivity index (χ1) is 18.7. The van der Waals surface area contributed by atoms with Gasteiger partial charge in [0.15, 0.2) is 0 Å². The predicted octanol–water partition coefficient (Wildman–Crippen LogP) is 7.01. The minimum absolute atomic E-state index is 0. The third-order valence-corrected chi connectivity index (χ3v) is 6.37. The Hall–Kier alpha value is -2.98. The van der Waals surface area contributed by atoms with Gasteiger partial charge in [-0.05, 0) is 63.0 Å². The third-order valence-electron chi connectivity index (χ3n) is 6.37. The molecule has 10 nitrogen and oxygen atoms in total. The molecule has 1 fully saturated rings. The van der Waals surface area contributed by atoms with Crippen molar-refractivity contribution in [3.8, 4) is 0 Å². The molecule has 0 aliphatic carbocycles. The molecule has 10 heteroatoms. The molecule has 8 N–H and O–H groups in total. The molecule has 0 radical (unpaired) electrons. The van der Waals surface area contributed by atoms with Crippen molar-refractivity contribution in [2.45, 2.75) is 116 Å². The lowest BCUT2D eigenvalue weighted by molar-refractivity contribution is -0.138. The molecule has 1 heterocycles. The van der Waals surface area contributed by atoms with Crippen LogP contribution in [0.2, 0.25) is 0 Å². The summed E-state index contributed by atoms with van der Waals surface area (Å²) >= 11 is 0. The summed E-state index contributed by atoms with van der Waals surface area (Å²) in [6, 6.07) is 5.02. The molecular formula is C30H52N2O8. The first kappa shape index (κ1) is 39.2. The van der Waals surface area contributed by atoms with Gasteiger partial charge in [-0.1, -0.05) is 77.0 Å². The highest BCUT2D eigenvalue weighted by Crippen LogP contribution is 2.11. The van der Waals surface area contributed by atoms with Gasteiger partial charge in [0.2, 0.25) is 0 Å². The number of rotatable bonds is 13. The van der Waals surface area contributed by atoms with E-state index >= 15 is 0 Å². The van der Waals surface area contributed by atoms with E-state index in [1.54, 1.807) is 0 Å². The quantitative estimate of drug-likeness (QED) is 0.135. The van der Waals surface area contributed by atoms with E-state index in [9.17, 15) is 19.2 Å². The van der Waals surface area contributed by atoms with Gasteiger partial charge in [-0.3, -0.25) is 9.59 Å². The zero-order valence-corrected chi connectivity index (χ0v) is 24.1. The molecule has 1 saturated heterocycles. The van der Waals surface area contributed by atoms with Gasteiger partial charge in [-0.2, -0.15) is 0 Å². The van der Waals surface area contributed by atoms with Crippen molar-refractivity contribution >= 4 is 23.9 Å². The van der Waals surface area contributed by atoms with E-state index in [1.807, 2.05) is 0 Å². The van der Waals surface area contributed by atoms with Gasteiger partial charge in [-0.25, -0.2) is 9.59 Å². The van der Waals surface area contributed by atoms with Crippen LogP contribution in [0, 0.1) is 0 Å². The lowest BCUT2D eigenvalue weighted by atomic mass is 10.1. The number of carboxylic acid groups (broad SMARTS) is 4. The highest BCUT2D eigenvalue weighted by atomic mass is 16.4. The molecule has 1 aliphatic rings. The standard InChI is InChI=1S/C12H22O4.C10H21N.C8H6O4.H3N/c13-11(14)9-7-5-3-1-2-4-6-8-10-12(15)16;1-2-4-6-8-10-11-9-7-5-3-1;9-7(10)5-1-2-6(4-3-5)8(11)12;/h1-10H2,(H,13,14)(H,15,16);11H,1-10H2;1-4H,(H,9,10)(H,11,12);1H3. The molecule has 0 atom stereocenters. The highest BCUT2D eigenvalue weighted by molar-refractivity contribution is 5.91. The maximum atomic E-state index is 10.3. The fraction of sp³-hybridized carbons (Fsp3) is 0.667. The number of benzene rings is 1. The van der Waals surface area contributed by atoms with E-state index in [-0.39, 0.29) is 30.1 Å². The molecule has 2 rings (SSSR count). The number of aromatic carboxylic acids is 2. The van der Waals surface area contributed by atoms with Crippen molar-refractivity contribution in [3.63, 3.8) is 0 Å². The Bertz CT molecular complexity index is 706. The summed E-state index contributed by atoms with van der Waals surface area (Å²) < 4.78 is 0. The molecule has 1 aromatic rings. The number of nitrogens with one attached hydrogen (secondary N) is 1. The van der Waals surface area contributed by atoms with E-state index in [0.29, 0.717) is 0 Å². The Morgan fingerprint density at radius 1 is 0.500 bits per heavy atom. The minimum Gasteiger partial charge on any atom is -0.481 e. The summed E-state index contributed by atoms with van der Waals surface area (Å²) in [7, 11) is 0. The summed E-state index contributed by atoms with van der Waals surface area (Å²) in [5.74, 6) is -3.55. The molecular weight excluding hydrogens is 516 g/mol. The topological polar surface area (TPSA) is 196 Å². The number of hydrogen-bond donors (Lipinski definition) is 6. The largest absolute Gasteiger partial charge is 0.481 e. The normalized spacial score (nSPS) is 13.5. The molecule has 0 unspecified atom stereocenters. The number of carboxylic acids is 4. The summed E-state index contributed by atoms with van der Waals surface area (Å²) in [5, 5.41) is 37.2. The van der Waals surface area contributed by atoms with Crippen molar-refractivity contribution in [3.05, 3.63) is 35.4 Å². The van der Waals surface area contributed by atoms with Crippen LogP contribution in [-0.4, -0.2) is 57.4 Å². The lowest BCUT2D eigenvalue weighted by Crippen LogP contribution is -2.16. The van der Waals surface area contributed by atoms with Crippen LogP contribution in [0.15, 0.2) is 24.3 Å². The molecule has 230 valence electrons. The second-order valence-corrected chi connectivity index (χ2v) is 9.88. The Kier molecular flexibility index (Phi) is 27.0. The van der Waals surface area contributed by atoms with E-state index in [0.717, 1.165) is 51.4 Å². The highest BCUT2D eigenvalue weighted by Gasteiger charge is 2.05. The van der Waals surface area contributed by atoms with Crippen LogP contribution in [-0.2, 0) is 9.59 Å². The molecule has 1 aliphatic heterocycles. The average molecular weight is 569 g/mol. The lowest BCUT2D eigenvalue weighted by Gasteiger charge is -2.01. The van der Waals surface area contributed by atoms with E-state index < -0.39 is 23.9 Å². The molecule has 0 spiro atoms. The van der Waals surface area contributed by atoms with Crippen LogP contribution in [0.5, 0.6) is 0 Å². The minimum atomic E-state index is -1.06. The summed E-state index contributed by atoms with van der Waals surface area (Å²) in [4.78, 5) is 41.1. The van der Waals surface area contributed by atoms with Crippen LogP contribution in [0.4, 0.5) is 0 Å². The van der Waals surface area contributed by atoms with Gasteiger partial charge in [0.25, 0.3) is 0 Å². The third kappa shape index (κ3) is 26.6. The molecule has 0 aromatic heterocycles. The summed E-state index contributed by atoms with van der Waals surface area (Å²) in [6.07, 6.45) is 20.0. The zero-order chi connectivity index (χ0) is 29.1. The number of unbranched alkanes of at least 4 members (excludes halogenated alkanes) is 7. The SMILES string of the molecule is C1CCCCCNCCCC1.N.O=C(O)CCCCCCCCCCC(=O)O.O=C(O)c1ccc(C(=O)O)cc1. The van der Waals surface area contributed by atoms with Gasteiger partial charge in [0.05, 0.1) is 11.1 Å². The first-order valence-electron chi connectivity index (χ1n) is 14.4. The van der Waals surface area contributed by atoms with Crippen molar-refractivity contribution in [2.24, 2.45) is 0 Å². The van der Waals surface area contributed by atoms with Crippen LogP contribution in [0.25, 0.3) is 0 Å². The van der Waals surface area contributed by atoms with Gasteiger partial charge in [-0.15, -0.1) is 0 Å². The van der Waals surface area contributed by atoms with Gasteiger partial charge in [0, 0.05) is 12.8 Å². The Labute approximate surface area is 239 Å². The Morgan fingerprint density at radius 3 is 1.05 bits per heavy atom. The van der Waals surface area contributed by atoms with Crippen molar-refractivity contribution in [2.75, 3.05) is 13.1 Å². The van der Waals surface area contributed by atoms with Gasteiger partial charge < -0.3 is 31.9 Å². The van der Waals surface area contributed by atoms with Crippen molar-refractivity contribution in [1.29, 1.82) is 0 Å². The Balaban J connectivity index is 0. The van der Waals surface area contributed by atoms with Crippen molar-refractivity contribution in [1.82, 2.24) is 11.5 Å². The van der Waals surface area contributed by atoms with Crippen LogP contribution >= 0.6 is 0 Å². The number of aliphatic carboxylic acids is 2. The predicted molar refractivity (Wildman–Crippen MR) is 157 cm³/mol. The van der Waals surface area contributed by atoms with Gasteiger partial charge >= 0.3 is 23.9 Å². The smallest absolute Gasteiger partial charge is 0.335 e. The first-order valence-corrected chi connectivity index (χ1v) is 14.4. The van der Waals surface area contributed by atoms with Gasteiger partial charge in [0.1, 0.15) is 0 Å². The van der Waals surface area contributed by atoms with Crippen LogP contribution in [0.1, 0.15) is 136 Å². The number of hydrogen-bond acceptors (Lipinski definition) is 6. The zero-order valence-electron chi connectivity index (χ0n) is 24.1. The van der Waals surface area contributed by atoms with Crippen molar-refractivity contribution < 1.29 is 39.6 Å². The van der Waals surface area contributed by atoms with E-state index in [1.165, 1.54) is 88.7 Å². The van der Waals surface area contributed by atoms with E-state index in [2.05, 4.69) is 5.32 Å².